The predicted molar refractivity (Wildman–Crippen MR) is 75.9 cm³/mol. The molecule has 0 radical (unpaired) electrons. The van der Waals surface area contributed by atoms with Gasteiger partial charge in [0, 0.05) is 11.8 Å². The van der Waals surface area contributed by atoms with E-state index in [1.165, 1.54) is 12.1 Å². The topological polar surface area (TPSA) is 37.4 Å². The van der Waals surface area contributed by atoms with Crippen LogP contribution in [0.5, 0.6) is 0 Å². The number of halogens is 4. The number of anilines is 1. The lowest BCUT2D eigenvalue weighted by Crippen LogP contribution is -2.31. The van der Waals surface area contributed by atoms with Gasteiger partial charge in [-0.25, -0.2) is 4.90 Å². The van der Waals surface area contributed by atoms with Gasteiger partial charge in [-0.05, 0) is 12.1 Å². The zero-order chi connectivity index (χ0) is 13.4. The van der Waals surface area contributed by atoms with Crippen molar-refractivity contribution in [2.75, 3.05) is 10.2 Å². The number of benzene rings is 1. The van der Waals surface area contributed by atoms with Gasteiger partial charge in [0.05, 0.1) is 26.7 Å². The van der Waals surface area contributed by atoms with Gasteiger partial charge in [0.25, 0.3) is 0 Å². The molecule has 1 heterocycles. The molecule has 0 spiro atoms. The van der Waals surface area contributed by atoms with Gasteiger partial charge >= 0.3 is 0 Å². The number of hydrogen-bond donors (Lipinski definition) is 0. The predicted octanol–water partition coefficient (Wildman–Crippen LogP) is 3.92. The van der Waals surface area contributed by atoms with Crippen molar-refractivity contribution in [3.8, 4) is 0 Å². The van der Waals surface area contributed by atoms with Crippen molar-refractivity contribution in [1.82, 2.24) is 0 Å². The first-order valence-electron chi connectivity index (χ1n) is 5.03. The van der Waals surface area contributed by atoms with E-state index in [-0.39, 0.29) is 44.9 Å². The highest BCUT2D eigenvalue weighted by Gasteiger charge is 2.39. The Morgan fingerprint density at radius 3 is 2.44 bits per heavy atom. The van der Waals surface area contributed by atoms with Gasteiger partial charge in [-0.15, -0.1) is 0 Å². The minimum absolute atomic E-state index is 0.112. The molecule has 0 saturated carbocycles. The molecular formula is C11H7BrCl3NO2. The maximum atomic E-state index is 12.0. The first kappa shape index (κ1) is 14.1. The molecule has 2 rings (SSSR count). The highest BCUT2D eigenvalue weighted by atomic mass is 79.9. The van der Waals surface area contributed by atoms with Crippen molar-refractivity contribution < 1.29 is 9.59 Å². The van der Waals surface area contributed by atoms with E-state index in [9.17, 15) is 9.59 Å². The molecule has 0 aromatic heterocycles. The van der Waals surface area contributed by atoms with Crippen molar-refractivity contribution in [3.63, 3.8) is 0 Å². The van der Waals surface area contributed by atoms with E-state index in [2.05, 4.69) is 15.9 Å². The number of alkyl halides is 1. The number of hydrogen-bond acceptors (Lipinski definition) is 2. The van der Waals surface area contributed by atoms with E-state index in [4.69, 9.17) is 34.8 Å². The Morgan fingerprint density at radius 2 is 1.89 bits per heavy atom. The van der Waals surface area contributed by atoms with Crippen LogP contribution in [0.25, 0.3) is 0 Å². The molecule has 0 aliphatic carbocycles. The summed E-state index contributed by atoms with van der Waals surface area (Å²) in [6.45, 7) is 0. The number of carbonyl (C=O) groups excluding carboxylic acids is 2. The van der Waals surface area contributed by atoms with Crippen LogP contribution in [-0.4, -0.2) is 17.1 Å². The zero-order valence-corrected chi connectivity index (χ0v) is 12.8. The fraction of sp³-hybridized carbons (Fsp3) is 0.273. The molecular weight excluding hydrogens is 364 g/mol. The second-order valence-electron chi connectivity index (χ2n) is 3.82. The molecule has 1 fully saturated rings. The summed E-state index contributed by atoms with van der Waals surface area (Å²) >= 11 is 20.9. The van der Waals surface area contributed by atoms with Crippen LogP contribution in [0.4, 0.5) is 5.69 Å². The molecule has 1 atom stereocenters. The molecule has 7 heteroatoms. The third-order valence-corrected chi connectivity index (χ3v) is 4.75. The van der Waals surface area contributed by atoms with Crippen LogP contribution in [0.1, 0.15) is 6.42 Å². The number of nitrogens with zero attached hydrogens (tertiary/aromatic N) is 1. The Hall–Kier alpha value is -0.290. The lowest BCUT2D eigenvalue weighted by atomic mass is 10.1. The minimum Gasteiger partial charge on any atom is -0.274 e. The highest BCUT2D eigenvalue weighted by molar-refractivity contribution is 9.09. The lowest BCUT2D eigenvalue weighted by molar-refractivity contribution is -0.122. The van der Waals surface area contributed by atoms with Gasteiger partial charge in [0.2, 0.25) is 11.8 Å². The number of amides is 2. The number of carbonyl (C=O) groups is 2. The van der Waals surface area contributed by atoms with Crippen molar-refractivity contribution in [2.24, 2.45) is 5.92 Å². The summed E-state index contributed by atoms with van der Waals surface area (Å²) in [4.78, 5) is 25.0. The van der Waals surface area contributed by atoms with E-state index < -0.39 is 0 Å². The molecule has 0 bridgehead atoms. The quantitative estimate of drug-likeness (QED) is 0.449. The molecule has 1 aliphatic heterocycles. The SMILES string of the molecule is O=C1CC(CBr)C(=O)N1c1ccc(Cl)c(Cl)c1Cl. The fourth-order valence-electron chi connectivity index (χ4n) is 1.76. The Morgan fingerprint density at radius 1 is 1.22 bits per heavy atom. The molecule has 1 aromatic carbocycles. The third kappa shape index (κ3) is 2.27. The molecule has 18 heavy (non-hydrogen) atoms. The van der Waals surface area contributed by atoms with Gasteiger partial charge in [-0.3, -0.25) is 9.59 Å². The average molecular weight is 371 g/mol. The second-order valence-corrected chi connectivity index (χ2v) is 5.63. The van der Waals surface area contributed by atoms with Crippen molar-refractivity contribution in [3.05, 3.63) is 27.2 Å². The van der Waals surface area contributed by atoms with Crippen molar-refractivity contribution in [2.45, 2.75) is 6.42 Å². The normalized spacial score (nSPS) is 19.8. The summed E-state index contributed by atoms with van der Waals surface area (Å²) < 4.78 is 0. The Balaban J connectivity index is 2.47. The second kappa shape index (κ2) is 5.37. The van der Waals surface area contributed by atoms with Crippen LogP contribution < -0.4 is 4.90 Å². The summed E-state index contributed by atoms with van der Waals surface area (Å²) in [5, 5.41) is 0.967. The zero-order valence-electron chi connectivity index (χ0n) is 8.92. The van der Waals surface area contributed by atoms with Gasteiger partial charge < -0.3 is 0 Å². The van der Waals surface area contributed by atoms with Crippen LogP contribution in [-0.2, 0) is 9.59 Å². The smallest absolute Gasteiger partial charge is 0.238 e. The average Bonchev–Trinajstić information content (AvgIpc) is 2.63. The van der Waals surface area contributed by atoms with E-state index in [0.29, 0.717) is 5.33 Å². The maximum Gasteiger partial charge on any atom is 0.238 e. The van der Waals surface area contributed by atoms with Crippen LogP contribution in [0, 0.1) is 5.92 Å². The first-order valence-corrected chi connectivity index (χ1v) is 7.29. The molecule has 2 amide bonds. The maximum absolute atomic E-state index is 12.0. The third-order valence-electron chi connectivity index (χ3n) is 2.68. The monoisotopic (exact) mass is 369 g/mol. The summed E-state index contributed by atoms with van der Waals surface area (Å²) in [7, 11) is 0. The summed E-state index contributed by atoms with van der Waals surface area (Å²) in [5.74, 6) is -0.926. The van der Waals surface area contributed by atoms with Crippen LogP contribution in [0.15, 0.2) is 12.1 Å². The molecule has 96 valence electrons. The van der Waals surface area contributed by atoms with E-state index >= 15 is 0 Å². The van der Waals surface area contributed by atoms with Gasteiger partial charge in [0.1, 0.15) is 0 Å². The van der Waals surface area contributed by atoms with Crippen LogP contribution >= 0.6 is 50.7 Å². The van der Waals surface area contributed by atoms with Gasteiger partial charge in [0.15, 0.2) is 0 Å². The largest absolute Gasteiger partial charge is 0.274 e. The first-order chi connectivity index (χ1) is 8.47. The summed E-state index contributed by atoms with van der Waals surface area (Å²) in [6, 6.07) is 3.02. The van der Waals surface area contributed by atoms with Crippen molar-refractivity contribution in [1.29, 1.82) is 0 Å². The molecule has 3 nitrogen and oxygen atoms in total. The van der Waals surface area contributed by atoms with E-state index in [1.807, 2.05) is 0 Å². The lowest BCUT2D eigenvalue weighted by Gasteiger charge is -2.17. The van der Waals surface area contributed by atoms with Gasteiger partial charge in [-0.1, -0.05) is 50.7 Å². The molecule has 1 aromatic rings. The number of imide groups is 1. The summed E-state index contributed by atoms with van der Waals surface area (Å²) in [6.07, 6.45) is 0.167. The number of rotatable bonds is 2. The Kier molecular flexibility index (Phi) is 4.22. The van der Waals surface area contributed by atoms with E-state index in [1.54, 1.807) is 0 Å². The van der Waals surface area contributed by atoms with Crippen LogP contribution in [0.3, 0.4) is 0 Å². The summed E-state index contributed by atoms with van der Waals surface area (Å²) in [5.41, 5.74) is 0.282. The molecule has 0 N–H and O–H groups in total. The van der Waals surface area contributed by atoms with Crippen LogP contribution in [0.2, 0.25) is 15.1 Å². The highest BCUT2D eigenvalue weighted by Crippen LogP contribution is 2.40. The minimum atomic E-state index is -0.358. The standard InChI is InChI=1S/C11H7BrCl3NO2/c12-4-5-3-8(17)16(11(5)18)7-2-1-6(13)9(14)10(7)15/h1-2,5H,3-4H2. The van der Waals surface area contributed by atoms with Gasteiger partial charge in [-0.2, -0.15) is 0 Å². The Labute approximate surface area is 127 Å². The van der Waals surface area contributed by atoms with Crippen molar-refractivity contribution >= 4 is 68.2 Å². The molecule has 1 aliphatic rings. The fourth-order valence-corrected chi connectivity index (χ4v) is 2.88. The molecule has 1 saturated heterocycles. The molecule has 1 unspecified atom stereocenters. The Bertz CT molecular complexity index is 535. The van der Waals surface area contributed by atoms with E-state index in [0.717, 1.165) is 4.90 Å².